The summed E-state index contributed by atoms with van der Waals surface area (Å²) in [6, 6.07) is 6.67. The average Bonchev–Trinajstić information content (AvgIpc) is 2.44. The largest absolute Gasteiger partial charge is 0.307 e. The number of rotatable bonds is 5. The maximum Gasteiger partial charge on any atom is 0.0639 e. The molecule has 1 aromatic rings. The van der Waals surface area contributed by atoms with Crippen molar-refractivity contribution in [3.8, 4) is 0 Å². The quantitative estimate of drug-likeness (QED) is 0.859. The highest BCUT2D eigenvalue weighted by Gasteiger charge is 2.21. The fraction of sp³-hybridized carbons (Fsp3) is 0.625. The van der Waals surface area contributed by atoms with Gasteiger partial charge in [0.15, 0.2) is 0 Å². The van der Waals surface area contributed by atoms with Crippen molar-refractivity contribution in [2.75, 3.05) is 19.6 Å². The molecule has 4 heteroatoms. The monoisotopic (exact) mass is 314 g/mol. The Hall–Kier alpha value is -0.280. The molecule has 1 N–H and O–H groups in total. The lowest BCUT2D eigenvalue weighted by molar-refractivity contribution is 0.192. The highest BCUT2D eigenvalue weighted by Crippen LogP contribution is 2.30. The van der Waals surface area contributed by atoms with Crippen molar-refractivity contribution in [1.29, 1.82) is 0 Å². The van der Waals surface area contributed by atoms with E-state index in [4.69, 9.17) is 23.2 Å². The molecular weight excluding hydrogens is 291 g/mol. The van der Waals surface area contributed by atoms with E-state index in [0.717, 1.165) is 5.56 Å². The van der Waals surface area contributed by atoms with Crippen LogP contribution in [0.5, 0.6) is 0 Å². The molecule has 1 heterocycles. The number of hydrogen-bond donors (Lipinski definition) is 1. The van der Waals surface area contributed by atoms with Crippen LogP contribution in [0, 0.1) is 0 Å². The van der Waals surface area contributed by atoms with Gasteiger partial charge in [-0.3, -0.25) is 0 Å². The van der Waals surface area contributed by atoms with Crippen LogP contribution in [0.2, 0.25) is 10.0 Å². The third-order valence-corrected chi connectivity index (χ3v) is 4.89. The summed E-state index contributed by atoms with van der Waals surface area (Å²) in [5.41, 5.74) is 1.09. The van der Waals surface area contributed by atoms with Gasteiger partial charge < -0.3 is 10.2 Å². The number of benzene rings is 1. The molecule has 2 nitrogen and oxygen atoms in total. The van der Waals surface area contributed by atoms with Crippen molar-refractivity contribution < 1.29 is 0 Å². The molecule has 1 saturated heterocycles. The van der Waals surface area contributed by atoms with Gasteiger partial charge in [-0.15, -0.1) is 0 Å². The van der Waals surface area contributed by atoms with E-state index in [-0.39, 0.29) is 6.04 Å². The molecule has 1 fully saturated rings. The van der Waals surface area contributed by atoms with E-state index in [0.29, 0.717) is 16.1 Å². The Morgan fingerprint density at radius 1 is 1.30 bits per heavy atom. The Morgan fingerprint density at radius 2 is 2.00 bits per heavy atom. The van der Waals surface area contributed by atoms with Crippen LogP contribution >= 0.6 is 23.2 Å². The molecule has 0 radical (unpaired) electrons. The summed E-state index contributed by atoms with van der Waals surface area (Å²) in [5.74, 6) is 0. The minimum Gasteiger partial charge on any atom is -0.307 e. The van der Waals surface area contributed by atoms with Gasteiger partial charge in [0.05, 0.1) is 10.0 Å². The summed E-state index contributed by atoms with van der Waals surface area (Å²) in [6.07, 6.45) is 3.66. The van der Waals surface area contributed by atoms with Crippen LogP contribution in [0.25, 0.3) is 0 Å². The predicted octanol–water partition coefficient (Wildman–Crippen LogP) is 4.52. The first kappa shape index (κ1) is 16.1. The minimum atomic E-state index is 0.240. The van der Waals surface area contributed by atoms with E-state index in [1.54, 1.807) is 0 Å². The fourth-order valence-corrected chi connectivity index (χ4v) is 3.41. The maximum absolute atomic E-state index is 6.29. The second-order valence-electron chi connectivity index (χ2n) is 5.65. The van der Waals surface area contributed by atoms with Crippen LogP contribution in [-0.2, 0) is 0 Å². The van der Waals surface area contributed by atoms with Gasteiger partial charge in [0, 0.05) is 12.1 Å². The van der Waals surface area contributed by atoms with Crippen molar-refractivity contribution in [2.24, 2.45) is 0 Å². The molecule has 112 valence electrons. The molecule has 0 spiro atoms. The number of hydrogen-bond acceptors (Lipinski definition) is 2. The summed E-state index contributed by atoms with van der Waals surface area (Å²) in [5, 5.41) is 5.01. The van der Waals surface area contributed by atoms with Gasteiger partial charge in [0.25, 0.3) is 0 Å². The molecular formula is C16H24Cl2N2. The molecule has 1 atom stereocenters. The van der Waals surface area contributed by atoms with Gasteiger partial charge in [-0.05, 0) is 57.5 Å². The zero-order valence-electron chi connectivity index (χ0n) is 12.3. The zero-order valence-corrected chi connectivity index (χ0v) is 13.8. The van der Waals surface area contributed by atoms with Crippen LogP contribution in [-0.4, -0.2) is 30.6 Å². The van der Waals surface area contributed by atoms with Gasteiger partial charge >= 0.3 is 0 Å². The third-order valence-electron chi connectivity index (χ3n) is 4.06. The van der Waals surface area contributed by atoms with E-state index in [9.17, 15) is 0 Å². The summed E-state index contributed by atoms with van der Waals surface area (Å²) in [4.78, 5) is 2.55. The van der Waals surface area contributed by atoms with Crippen molar-refractivity contribution in [3.05, 3.63) is 33.8 Å². The first-order valence-corrected chi connectivity index (χ1v) is 8.29. The summed E-state index contributed by atoms with van der Waals surface area (Å²) in [7, 11) is 0. The lowest BCUT2D eigenvalue weighted by Gasteiger charge is -2.34. The van der Waals surface area contributed by atoms with E-state index in [1.165, 1.54) is 38.9 Å². The Morgan fingerprint density at radius 3 is 2.65 bits per heavy atom. The maximum atomic E-state index is 6.29. The lowest BCUT2D eigenvalue weighted by atomic mass is 10.0. The Kier molecular flexibility index (Phi) is 6.16. The average molecular weight is 315 g/mol. The molecule has 1 aliphatic heterocycles. The standard InChI is InChI=1S/C16H24Cl2N2/c1-3-9-20-10-7-13(8-11-20)19-12(2)14-5-4-6-15(17)16(14)18/h4-6,12-13,19H,3,7-11H2,1-2H3. The number of halogens is 2. The van der Waals surface area contributed by atoms with Gasteiger partial charge in [0.2, 0.25) is 0 Å². The van der Waals surface area contributed by atoms with Crippen molar-refractivity contribution in [1.82, 2.24) is 10.2 Å². The summed E-state index contributed by atoms with van der Waals surface area (Å²) < 4.78 is 0. The molecule has 1 unspecified atom stereocenters. The second-order valence-corrected chi connectivity index (χ2v) is 6.43. The van der Waals surface area contributed by atoms with E-state index < -0.39 is 0 Å². The first-order valence-electron chi connectivity index (χ1n) is 7.54. The molecule has 0 aliphatic carbocycles. The fourth-order valence-electron chi connectivity index (χ4n) is 2.94. The van der Waals surface area contributed by atoms with E-state index >= 15 is 0 Å². The molecule has 0 amide bonds. The normalized spacial score (nSPS) is 19.2. The van der Waals surface area contributed by atoms with Crippen molar-refractivity contribution in [3.63, 3.8) is 0 Å². The number of nitrogens with one attached hydrogen (secondary N) is 1. The van der Waals surface area contributed by atoms with Crippen molar-refractivity contribution in [2.45, 2.75) is 45.2 Å². The molecule has 1 aromatic carbocycles. The lowest BCUT2D eigenvalue weighted by Crippen LogP contribution is -2.43. The van der Waals surface area contributed by atoms with Gasteiger partial charge in [0.1, 0.15) is 0 Å². The molecule has 0 saturated carbocycles. The van der Waals surface area contributed by atoms with E-state index in [1.807, 2.05) is 12.1 Å². The van der Waals surface area contributed by atoms with Crippen molar-refractivity contribution >= 4 is 23.2 Å². The third kappa shape index (κ3) is 4.11. The van der Waals surface area contributed by atoms with Crippen LogP contribution in [0.3, 0.4) is 0 Å². The smallest absolute Gasteiger partial charge is 0.0639 e. The summed E-state index contributed by atoms with van der Waals surface area (Å²) >= 11 is 12.4. The number of nitrogens with zero attached hydrogens (tertiary/aromatic N) is 1. The van der Waals surface area contributed by atoms with Crippen LogP contribution in [0.4, 0.5) is 0 Å². The molecule has 20 heavy (non-hydrogen) atoms. The Balaban J connectivity index is 1.89. The molecule has 1 aliphatic rings. The second kappa shape index (κ2) is 7.65. The predicted molar refractivity (Wildman–Crippen MR) is 87.8 cm³/mol. The number of piperidine rings is 1. The molecule has 2 rings (SSSR count). The van der Waals surface area contributed by atoms with Crippen LogP contribution in [0.1, 0.15) is 44.7 Å². The highest BCUT2D eigenvalue weighted by atomic mass is 35.5. The Labute approximate surface area is 132 Å². The van der Waals surface area contributed by atoms with Gasteiger partial charge in [-0.25, -0.2) is 0 Å². The Bertz CT molecular complexity index is 428. The highest BCUT2D eigenvalue weighted by molar-refractivity contribution is 6.42. The SMILES string of the molecule is CCCN1CCC(NC(C)c2cccc(Cl)c2Cl)CC1. The van der Waals surface area contributed by atoms with E-state index in [2.05, 4.69) is 30.1 Å². The van der Waals surface area contributed by atoms with Gasteiger partial charge in [-0.1, -0.05) is 42.3 Å². The molecule has 0 bridgehead atoms. The van der Waals surface area contributed by atoms with Gasteiger partial charge in [-0.2, -0.15) is 0 Å². The first-order chi connectivity index (χ1) is 9.61. The molecule has 0 aromatic heterocycles. The number of likely N-dealkylation sites (tertiary alicyclic amines) is 1. The van der Waals surface area contributed by atoms with Crippen LogP contribution in [0.15, 0.2) is 18.2 Å². The topological polar surface area (TPSA) is 15.3 Å². The van der Waals surface area contributed by atoms with Crippen LogP contribution < -0.4 is 5.32 Å². The minimum absolute atomic E-state index is 0.240. The zero-order chi connectivity index (χ0) is 14.5. The summed E-state index contributed by atoms with van der Waals surface area (Å²) in [6.45, 7) is 8.02.